The van der Waals surface area contributed by atoms with Crippen LogP contribution in [0, 0.1) is 0 Å². The molecule has 1 rings (SSSR count). The van der Waals surface area contributed by atoms with Gasteiger partial charge in [-0.15, -0.1) is 0 Å². The number of aliphatic hydroxyl groups is 1. The summed E-state index contributed by atoms with van der Waals surface area (Å²) in [6, 6.07) is 9.33. The van der Waals surface area contributed by atoms with Gasteiger partial charge >= 0.3 is 12.1 Å². The van der Waals surface area contributed by atoms with E-state index < -0.39 is 24.5 Å². The van der Waals surface area contributed by atoms with Gasteiger partial charge in [0.1, 0.15) is 0 Å². The molecule has 2 N–H and O–H groups in total. The van der Waals surface area contributed by atoms with Gasteiger partial charge in [-0.2, -0.15) is 0 Å². The van der Waals surface area contributed by atoms with Crippen molar-refractivity contribution in [2.45, 2.75) is 39.2 Å². The van der Waals surface area contributed by atoms with Crippen LogP contribution in [0.5, 0.6) is 0 Å². The Balaban J connectivity index is 2.44. The summed E-state index contributed by atoms with van der Waals surface area (Å²) >= 11 is 0. The number of nitrogens with one attached hydrogen (secondary N) is 1. The molecular formula is C16H23NO6. The Labute approximate surface area is 135 Å². The molecular weight excluding hydrogens is 302 g/mol. The number of benzene rings is 1. The molecule has 0 radical (unpaired) electrons. The lowest BCUT2D eigenvalue weighted by atomic mass is 10.2. The maximum absolute atomic E-state index is 11.8. The van der Waals surface area contributed by atoms with Crippen LogP contribution in [0.25, 0.3) is 0 Å². The number of aliphatic hydroxyl groups excluding tert-OH is 1. The fourth-order valence-corrected chi connectivity index (χ4v) is 1.78. The number of rotatable bonds is 9. The van der Waals surface area contributed by atoms with Crippen molar-refractivity contribution in [2.75, 3.05) is 13.2 Å². The number of esters is 1. The minimum Gasteiger partial charge on any atom is -0.464 e. The fraction of sp³-hybridized carbons (Fsp3) is 0.500. The maximum Gasteiger partial charge on any atom is 0.409 e. The van der Waals surface area contributed by atoms with Crippen LogP contribution in [0.1, 0.15) is 25.8 Å². The highest BCUT2D eigenvalue weighted by molar-refractivity contribution is 5.74. The number of alkyl carbamates (subject to hydrolysis) is 1. The molecule has 0 aliphatic carbocycles. The fourth-order valence-electron chi connectivity index (χ4n) is 1.78. The normalized spacial score (nSPS) is 13.0. The number of amides is 1. The Morgan fingerprint density at radius 1 is 1.17 bits per heavy atom. The Hall–Kier alpha value is -2.12. The highest BCUT2D eigenvalue weighted by atomic mass is 16.7. The van der Waals surface area contributed by atoms with Crippen LogP contribution >= 0.6 is 0 Å². The van der Waals surface area contributed by atoms with Gasteiger partial charge in [0.25, 0.3) is 0 Å². The zero-order chi connectivity index (χ0) is 17.1. The van der Waals surface area contributed by atoms with Crippen LogP contribution in [0.4, 0.5) is 4.79 Å². The number of hydrogen-bond donors (Lipinski definition) is 2. The lowest BCUT2D eigenvalue weighted by molar-refractivity contribution is -0.163. The Morgan fingerprint density at radius 2 is 1.87 bits per heavy atom. The van der Waals surface area contributed by atoms with Crippen molar-refractivity contribution in [1.82, 2.24) is 5.32 Å². The van der Waals surface area contributed by atoms with E-state index in [1.54, 1.807) is 13.8 Å². The molecule has 0 bridgehead atoms. The summed E-state index contributed by atoms with van der Waals surface area (Å²) < 4.78 is 15.0. The minimum atomic E-state index is -1.41. The van der Waals surface area contributed by atoms with Crippen LogP contribution in [0.2, 0.25) is 0 Å². The van der Waals surface area contributed by atoms with Crippen LogP contribution in [0.3, 0.4) is 0 Å². The molecule has 2 atom stereocenters. The van der Waals surface area contributed by atoms with Crippen molar-refractivity contribution in [1.29, 1.82) is 0 Å². The van der Waals surface area contributed by atoms with Gasteiger partial charge in [0.05, 0.1) is 6.61 Å². The molecule has 0 aliphatic rings. The SMILES string of the molecule is CCOC(=O)C(O)CC(OCC)OC(=O)NCc1ccccc1. The number of ether oxygens (including phenoxy) is 3. The summed E-state index contributed by atoms with van der Waals surface area (Å²) in [7, 11) is 0. The van der Waals surface area contributed by atoms with Gasteiger partial charge in [-0.25, -0.2) is 9.59 Å². The largest absolute Gasteiger partial charge is 0.464 e. The van der Waals surface area contributed by atoms with Crippen molar-refractivity contribution in [3.63, 3.8) is 0 Å². The highest BCUT2D eigenvalue weighted by Gasteiger charge is 2.24. The number of hydrogen-bond acceptors (Lipinski definition) is 6. The van der Waals surface area contributed by atoms with Crippen LogP contribution < -0.4 is 5.32 Å². The molecule has 0 fully saturated rings. The van der Waals surface area contributed by atoms with E-state index in [9.17, 15) is 14.7 Å². The first-order valence-corrected chi connectivity index (χ1v) is 7.51. The molecule has 7 heteroatoms. The molecule has 1 amide bonds. The lowest BCUT2D eigenvalue weighted by Crippen LogP contribution is -2.35. The highest BCUT2D eigenvalue weighted by Crippen LogP contribution is 2.08. The summed E-state index contributed by atoms with van der Waals surface area (Å²) in [5, 5.41) is 12.3. The van der Waals surface area contributed by atoms with Crippen LogP contribution in [-0.2, 0) is 25.5 Å². The van der Waals surface area contributed by atoms with Crippen molar-refractivity contribution in [2.24, 2.45) is 0 Å². The Kier molecular flexibility index (Phi) is 8.71. The first-order valence-electron chi connectivity index (χ1n) is 7.51. The molecule has 23 heavy (non-hydrogen) atoms. The number of carbonyl (C=O) groups is 2. The van der Waals surface area contributed by atoms with Crippen molar-refractivity contribution in [3.05, 3.63) is 35.9 Å². The second kappa shape index (κ2) is 10.6. The zero-order valence-corrected chi connectivity index (χ0v) is 13.4. The minimum absolute atomic E-state index is 0.160. The van der Waals surface area contributed by atoms with Gasteiger partial charge in [-0.05, 0) is 19.4 Å². The third kappa shape index (κ3) is 7.62. The van der Waals surface area contributed by atoms with Crippen molar-refractivity contribution < 1.29 is 28.9 Å². The van der Waals surface area contributed by atoms with E-state index in [0.717, 1.165) is 5.56 Å². The Bertz CT molecular complexity index is 479. The molecule has 0 heterocycles. The molecule has 0 aromatic heterocycles. The summed E-state index contributed by atoms with van der Waals surface area (Å²) in [6.45, 7) is 4.09. The number of carbonyl (C=O) groups excluding carboxylic acids is 2. The van der Waals surface area contributed by atoms with Crippen LogP contribution in [0.15, 0.2) is 30.3 Å². The average Bonchev–Trinajstić information content (AvgIpc) is 2.54. The molecule has 7 nitrogen and oxygen atoms in total. The van der Waals surface area contributed by atoms with Gasteiger partial charge in [0.2, 0.25) is 6.29 Å². The molecule has 1 aromatic carbocycles. The van der Waals surface area contributed by atoms with Crippen molar-refractivity contribution >= 4 is 12.1 Å². The van der Waals surface area contributed by atoms with E-state index in [1.807, 2.05) is 30.3 Å². The van der Waals surface area contributed by atoms with Gasteiger partial charge in [0.15, 0.2) is 6.10 Å². The first-order chi connectivity index (χ1) is 11.1. The predicted molar refractivity (Wildman–Crippen MR) is 82.4 cm³/mol. The molecule has 0 saturated carbocycles. The van der Waals surface area contributed by atoms with Gasteiger partial charge < -0.3 is 24.6 Å². The summed E-state index contributed by atoms with van der Waals surface area (Å²) in [5.41, 5.74) is 0.920. The molecule has 2 unspecified atom stereocenters. The average molecular weight is 325 g/mol. The second-order valence-electron chi connectivity index (χ2n) is 4.63. The summed E-state index contributed by atoms with van der Waals surface area (Å²) in [5.74, 6) is -0.773. The summed E-state index contributed by atoms with van der Waals surface area (Å²) in [6.07, 6.45) is -3.32. The molecule has 0 aliphatic heterocycles. The first kappa shape index (κ1) is 18.9. The molecule has 0 saturated heterocycles. The molecule has 128 valence electrons. The predicted octanol–water partition coefficient (Wildman–Crippen LogP) is 1.59. The maximum atomic E-state index is 11.8. The molecule has 0 spiro atoms. The third-order valence-electron chi connectivity index (χ3n) is 2.85. The van der Waals surface area contributed by atoms with E-state index in [0.29, 0.717) is 6.54 Å². The third-order valence-corrected chi connectivity index (χ3v) is 2.85. The van der Waals surface area contributed by atoms with Gasteiger partial charge in [-0.1, -0.05) is 30.3 Å². The van der Waals surface area contributed by atoms with E-state index >= 15 is 0 Å². The smallest absolute Gasteiger partial charge is 0.409 e. The lowest BCUT2D eigenvalue weighted by Gasteiger charge is -2.20. The van der Waals surface area contributed by atoms with Crippen molar-refractivity contribution in [3.8, 4) is 0 Å². The Morgan fingerprint density at radius 3 is 2.48 bits per heavy atom. The monoisotopic (exact) mass is 325 g/mol. The second-order valence-corrected chi connectivity index (χ2v) is 4.63. The topological polar surface area (TPSA) is 94.1 Å². The van der Waals surface area contributed by atoms with E-state index in [-0.39, 0.29) is 19.6 Å². The van der Waals surface area contributed by atoms with E-state index in [1.165, 1.54) is 0 Å². The summed E-state index contributed by atoms with van der Waals surface area (Å²) in [4.78, 5) is 23.2. The quantitative estimate of drug-likeness (QED) is 0.529. The van der Waals surface area contributed by atoms with Crippen LogP contribution in [-0.4, -0.2) is 42.8 Å². The van der Waals surface area contributed by atoms with Gasteiger partial charge in [-0.3, -0.25) is 0 Å². The standard InChI is InChI=1S/C16H23NO6/c1-3-21-14(10-13(18)15(19)22-4-2)23-16(20)17-11-12-8-6-5-7-9-12/h5-9,13-14,18H,3-4,10-11H2,1-2H3,(H,17,20). The van der Waals surface area contributed by atoms with Gasteiger partial charge in [0, 0.05) is 19.6 Å². The molecule has 1 aromatic rings. The zero-order valence-electron chi connectivity index (χ0n) is 13.4. The van der Waals surface area contributed by atoms with E-state index in [2.05, 4.69) is 5.32 Å². The van der Waals surface area contributed by atoms with E-state index in [4.69, 9.17) is 14.2 Å².